The van der Waals surface area contributed by atoms with E-state index in [-0.39, 0.29) is 18.2 Å². The molecule has 1 aromatic carbocycles. The van der Waals surface area contributed by atoms with Gasteiger partial charge in [0.2, 0.25) is 0 Å². The van der Waals surface area contributed by atoms with Crippen molar-refractivity contribution in [3.63, 3.8) is 0 Å². The zero-order chi connectivity index (χ0) is 18.4. The van der Waals surface area contributed by atoms with E-state index in [0.717, 1.165) is 13.1 Å². The van der Waals surface area contributed by atoms with Crippen molar-refractivity contribution in [1.29, 1.82) is 0 Å². The molecule has 0 saturated carbocycles. The summed E-state index contributed by atoms with van der Waals surface area (Å²) in [4.78, 5) is 18.5. The second-order valence-corrected chi connectivity index (χ2v) is 6.30. The van der Waals surface area contributed by atoms with E-state index in [9.17, 15) is 4.79 Å². The number of amides is 2. The lowest BCUT2D eigenvalue weighted by atomic mass is 9.98. The van der Waals surface area contributed by atoms with Gasteiger partial charge in [-0.1, -0.05) is 37.3 Å². The van der Waals surface area contributed by atoms with Crippen molar-refractivity contribution >= 4 is 6.03 Å². The summed E-state index contributed by atoms with van der Waals surface area (Å²) in [5.74, 6) is 1.22. The molecule has 0 unspecified atom stereocenters. The molecule has 2 amide bonds. The predicted octanol–water partition coefficient (Wildman–Crippen LogP) is 2.24. The number of aryl methyl sites for hydroxylation is 1. The van der Waals surface area contributed by atoms with Crippen molar-refractivity contribution in [2.24, 2.45) is 0 Å². The summed E-state index contributed by atoms with van der Waals surface area (Å²) in [7, 11) is 0. The fraction of sp³-hybridized carbons (Fsp3) is 0.474. The third-order valence-corrected chi connectivity index (χ3v) is 4.56. The van der Waals surface area contributed by atoms with Gasteiger partial charge in [-0.05, 0) is 12.1 Å². The minimum atomic E-state index is -0.247. The first kappa shape index (κ1) is 18.4. The van der Waals surface area contributed by atoms with Crippen molar-refractivity contribution in [1.82, 2.24) is 20.5 Å². The summed E-state index contributed by atoms with van der Waals surface area (Å²) in [6, 6.07) is 10.2. The van der Waals surface area contributed by atoms with Crippen LogP contribution < -0.4 is 10.6 Å². The third-order valence-electron chi connectivity index (χ3n) is 4.56. The lowest BCUT2D eigenvalue weighted by Crippen LogP contribution is -2.50. The number of urea groups is 1. The number of nitrogens with one attached hydrogen (secondary N) is 2. The molecule has 2 aromatic rings. The standard InChI is InChI=1S/C19H26N4O3/c1-3-23-9-10-25-17(18(23)15-7-5-4-6-8-15)13-22-19(24)21-12-16-11-20-14(2)26-16/h4-8,11,17-18H,3,9-10,12-13H2,1-2H3,(H2,21,22,24)/t17-,18-/m0/s1. The first-order valence-electron chi connectivity index (χ1n) is 9.01. The largest absolute Gasteiger partial charge is 0.444 e. The highest BCUT2D eigenvalue weighted by Gasteiger charge is 2.32. The number of oxazole rings is 1. The van der Waals surface area contributed by atoms with Crippen molar-refractivity contribution in [2.75, 3.05) is 26.2 Å². The highest BCUT2D eigenvalue weighted by atomic mass is 16.5. The molecule has 0 bridgehead atoms. The van der Waals surface area contributed by atoms with E-state index >= 15 is 0 Å². The van der Waals surface area contributed by atoms with Crippen molar-refractivity contribution < 1.29 is 13.9 Å². The maximum absolute atomic E-state index is 12.1. The van der Waals surface area contributed by atoms with Crippen LogP contribution >= 0.6 is 0 Å². The predicted molar refractivity (Wildman–Crippen MR) is 97.6 cm³/mol. The van der Waals surface area contributed by atoms with Crippen LogP contribution in [0.2, 0.25) is 0 Å². The number of rotatable bonds is 6. The normalized spacial score (nSPS) is 20.7. The second-order valence-electron chi connectivity index (χ2n) is 6.30. The summed E-state index contributed by atoms with van der Waals surface area (Å²) < 4.78 is 11.3. The van der Waals surface area contributed by atoms with Gasteiger partial charge in [0.15, 0.2) is 5.89 Å². The van der Waals surface area contributed by atoms with Crippen LogP contribution in [0.3, 0.4) is 0 Å². The van der Waals surface area contributed by atoms with Gasteiger partial charge in [-0.15, -0.1) is 0 Å². The number of hydrogen-bond donors (Lipinski definition) is 2. The number of hydrogen-bond acceptors (Lipinski definition) is 5. The highest BCUT2D eigenvalue weighted by molar-refractivity contribution is 5.73. The molecule has 0 aliphatic carbocycles. The Morgan fingerprint density at radius 3 is 2.81 bits per heavy atom. The van der Waals surface area contributed by atoms with Gasteiger partial charge >= 0.3 is 6.03 Å². The minimum absolute atomic E-state index is 0.0932. The van der Waals surface area contributed by atoms with E-state index in [1.807, 2.05) is 18.2 Å². The molecule has 0 radical (unpaired) electrons. The van der Waals surface area contributed by atoms with Crippen LogP contribution in [0.1, 0.15) is 30.2 Å². The van der Waals surface area contributed by atoms with Crippen LogP contribution in [-0.2, 0) is 11.3 Å². The third kappa shape index (κ3) is 4.62. The highest BCUT2D eigenvalue weighted by Crippen LogP contribution is 2.28. The maximum atomic E-state index is 12.1. The topological polar surface area (TPSA) is 79.6 Å². The number of benzene rings is 1. The molecule has 1 fully saturated rings. The van der Waals surface area contributed by atoms with Crippen LogP contribution in [0.5, 0.6) is 0 Å². The molecule has 2 N–H and O–H groups in total. The van der Waals surface area contributed by atoms with Gasteiger partial charge in [0.05, 0.1) is 31.5 Å². The smallest absolute Gasteiger partial charge is 0.315 e. The Morgan fingerprint density at radius 1 is 1.31 bits per heavy atom. The van der Waals surface area contributed by atoms with E-state index in [1.165, 1.54) is 5.56 Å². The Balaban J connectivity index is 1.56. The Bertz CT molecular complexity index is 704. The Morgan fingerprint density at radius 2 is 2.12 bits per heavy atom. The molecule has 1 aliphatic rings. The monoisotopic (exact) mass is 358 g/mol. The lowest BCUT2D eigenvalue weighted by Gasteiger charge is -2.41. The van der Waals surface area contributed by atoms with Gasteiger partial charge in [-0.25, -0.2) is 9.78 Å². The molecule has 0 spiro atoms. The summed E-state index contributed by atoms with van der Waals surface area (Å²) in [5.41, 5.74) is 1.21. The zero-order valence-electron chi connectivity index (χ0n) is 15.3. The number of likely N-dealkylation sites (N-methyl/N-ethyl adjacent to an activating group) is 1. The Labute approximate surface area is 153 Å². The summed E-state index contributed by atoms with van der Waals surface area (Å²) in [6.07, 6.45) is 1.52. The SMILES string of the molecule is CCN1CCO[C@@H](CNC(=O)NCc2cnc(C)o2)[C@@H]1c1ccccc1. The second kappa shape index (κ2) is 8.82. The van der Waals surface area contributed by atoms with Crippen LogP contribution in [0.4, 0.5) is 4.79 Å². The van der Waals surface area contributed by atoms with Crippen LogP contribution in [0, 0.1) is 6.92 Å². The number of carbonyl (C=O) groups is 1. The van der Waals surface area contributed by atoms with E-state index < -0.39 is 0 Å². The number of aromatic nitrogens is 1. The van der Waals surface area contributed by atoms with Gasteiger partial charge in [-0.3, -0.25) is 4.90 Å². The number of nitrogens with zero attached hydrogens (tertiary/aromatic N) is 2. The van der Waals surface area contributed by atoms with Gasteiger partial charge in [0.1, 0.15) is 5.76 Å². The Hall–Kier alpha value is -2.38. The number of morpholine rings is 1. The summed E-state index contributed by atoms with van der Waals surface area (Å²) in [6.45, 7) is 7.17. The van der Waals surface area contributed by atoms with Gasteiger partial charge in [0.25, 0.3) is 0 Å². The quantitative estimate of drug-likeness (QED) is 0.828. The fourth-order valence-electron chi connectivity index (χ4n) is 3.30. The molecule has 140 valence electrons. The van der Waals surface area contributed by atoms with Crippen molar-refractivity contribution in [2.45, 2.75) is 32.5 Å². The molecule has 1 saturated heterocycles. The van der Waals surface area contributed by atoms with E-state index in [2.05, 4.69) is 39.6 Å². The van der Waals surface area contributed by atoms with Crippen LogP contribution in [-0.4, -0.2) is 48.3 Å². The molecule has 1 aliphatic heterocycles. The molecule has 1 aromatic heterocycles. The van der Waals surface area contributed by atoms with E-state index in [0.29, 0.717) is 31.3 Å². The molecular formula is C19H26N4O3. The van der Waals surface area contributed by atoms with Crippen molar-refractivity contribution in [3.8, 4) is 0 Å². The first-order chi connectivity index (χ1) is 12.7. The van der Waals surface area contributed by atoms with E-state index in [1.54, 1.807) is 13.1 Å². The molecule has 2 atom stereocenters. The average molecular weight is 358 g/mol. The molecule has 2 heterocycles. The van der Waals surface area contributed by atoms with Crippen LogP contribution in [0.25, 0.3) is 0 Å². The van der Waals surface area contributed by atoms with Gasteiger partial charge in [0, 0.05) is 20.0 Å². The maximum Gasteiger partial charge on any atom is 0.315 e. The van der Waals surface area contributed by atoms with Gasteiger partial charge < -0.3 is 19.8 Å². The first-order valence-corrected chi connectivity index (χ1v) is 9.01. The summed E-state index contributed by atoms with van der Waals surface area (Å²) >= 11 is 0. The lowest BCUT2D eigenvalue weighted by molar-refractivity contribution is -0.0681. The van der Waals surface area contributed by atoms with Crippen molar-refractivity contribution in [3.05, 3.63) is 53.7 Å². The van der Waals surface area contributed by atoms with Gasteiger partial charge in [-0.2, -0.15) is 0 Å². The number of ether oxygens (including phenoxy) is 1. The molecule has 7 heteroatoms. The molecular weight excluding hydrogens is 332 g/mol. The number of carbonyl (C=O) groups excluding carboxylic acids is 1. The molecule has 3 rings (SSSR count). The molecule has 26 heavy (non-hydrogen) atoms. The summed E-state index contributed by atoms with van der Waals surface area (Å²) in [5, 5.41) is 5.69. The minimum Gasteiger partial charge on any atom is -0.444 e. The fourth-order valence-corrected chi connectivity index (χ4v) is 3.30. The zero-order valence-corrected chi connectivity index (χ0v) is 15.3. The molecule has 7 nitrogen and oxygen atoms in total. The Kier molecular flexibility index (Phi) is 6.25. The van der Waals surface area contributed by atoms with Crippen LogP contribution in [0.15, 0.2) is 40.9 Å². The van der Waals surface area contributed by atoms with E-state index in [4.69, 9.17) is 9.15 Å². The average Bonchev–Trinajstić information content (AvgIpc) is 3.10.